The van der Waals surface area contributed by atoms with Gasteiger partial charge in [-0.15, -0.1) is 0 Å². The SMILES string of the molecule is CC(OC(=O)OC1CCCC[C@H]1N)OC(=O)C(C)(C)Oc1ccc(CCNC(=O)c2ccc(Cl)cc2)cc1. The van der Waals surface area contributed by atoms with Gasteiger partial charge in [0.25, 0.3) is 5.91 Å². The third-order valence-corrected chi connectivity index (χ3v) is 6.38. The van der Waals surface area contributed by atoms with Crippen LogP contribution in [0.15, 0.2) is 48.5 Å². The minimum atomic E-state index is -1.35. The van der Waals surface area contributed by atoms with Crippen molar-refractivity contribution < 1.29 is 33.3 Å². The third kappa shape index (κ3) is 8.92. The van der Waals surface area contributed by atoms with E-state index < -0.39 is 30.1 Å². The maximum absolute atomic E-state index is 12.7. The fraction of sp³-hybridized carbons (Fsp3) is 0.464. The van der Waals surface area contributed by atoms with Gasteiger partial charge in [-0.25, -0.2) is 9.59 Å². The summed E-state index contributed by atoms with van der Waals surface area (Å²) in [6.45, 7) is 4.99. The average molecular weight is 547 g/mol. The number of amides is 1. The first-order chi connectivity index (χ1) is 18.0. The summed E-state index contributed by atoms with van der Waals surface area (Å²) in [6.07, 6.45) is 1.53. The highest BCUT2D eigenvalue weighted by Gasteiger charge is 2.34. The Morgan fingerprint density at radius 1 is 1.03 bits per heavy atom. The lowest BCUT2D eigenvalue weighted by Gasteiger charge is -2.29. The van der Waals surface area contributed by atoms with Gasteiger partial charge in [0.2, 0.25) is 6.29 Å². The second-order valence-electron chi connectivity index (χ2n) is 9.71. The monoisotopic (exact) mass is 546 g/mol. The minimum absolute atomic E-state index is 0.175. The smallest absolute Gasteiger partial charge is 0.476 e. The quantitative estimate of drug-likeness (QED) is 0.322. The third-order valence-electron chi connectivity index (χ3n) is 6.13. The van der Waals surface area contributed by atoms with E-state index in [0.29, 0.717) is 35.7 Å². The van der Waals surface area contributed by atoms with Gasteiger partial charge in [0.15, 0.2) is 5.60 Å². The Balaban J connectivity index is 1.42. The fourth-order valence-electron chi connectivity index (χ4n) is 3.96. The molecule has 10 heteroatoms. The van der Waals surface area contributed by atoms with Crippen molar-refractivity contribution in [2.24, 2.45) is 5.73 Å². The molecule has 2 unspecified atom stereocenters. The van der Waals surface area contributed by atoms with Crippen LogP contribution in [-0.2, 0) is 25.4 Å². The van der Waals surface area contributed by atoms with Gasteiger partial charge in [0.05, 0.1) is 0 Å². The Morgan fingerprint density at radius 2 is 1.68 bits per heavy atom. The molecule has 2 aromatic carbocycles. The van der Waals surface area contributed by atoms with Crippen molar-refractivity contribution in [3.63, 3.8) is 0 Å². The van der Waals surface area contributed by atoms with Crippen LogP contribution in [0.1, 0.15) is 62.4 Å². The van der Waals surface area contributed by atoms with E-state index in [1.165, 1.54) is 6.92 Å². The van der Waals surface area contributed by atoms with Gasteiger partial charge in [0, 0.05) is 30.1 Å². The molecule has 0 heterocycles. The van der Waals surface area contributed by atoms with Gasteiger partial charge >= 0.3 is 12.1 Å². The first kappa shape index (κ1) is 29.3. The molecule has 0 aromatic heterocycles. The molecule has 1 aliphatic carbocycles. The van der Waals surface area contributed by atoms with Crippen LogP contribution in [-0.4, -0.2) is 48.6 Å². The number of hydrogen-bond acceptors (Lipinski definition) is 8. The highest BCUT2D eigenvalue weighted by atomic mass is 35.5. The Kier molecular flexibility index (Phi) is 10.4. The van der Waals surface area contributed by atoms with Gasteiger partial charge in [-0.1, -0.05) is 30.2 Å². The summed E-state index contributed by atoms with van der Waals surface area (Å²) in [4.78, 5) is 36.9. The molecule has 0 bridgehead atoms. The highest BCUT2D eigenvalue weighted by molar-refractivity contribution is 6.30. The lowest BCUT2D eigenvalue weighted by atomic mass is 9.93. The van der Waals surface area contributed by atoms with Gasteiger partial charge in [-0.3, -0.25) is 4.79 Å². The van der Waals surface area contributed by atoms with Crippen LogP contribution in [0, 0.1) is 0 Å². The largest absolute Gasteiger partial charge is 0.511 e. The summed E-state index contributed by atoms with van der Waals surface area (Å²) in [7, 11) is 0. The molecule has 3 atom stereocenters. The van der Waals surface area contributed by atoms with Crippen LogP contribution < -0.4 is 15.8 Å². The van der Waals surface area contributed by atoms with E-state index in [9.17, 15) is 14.4 Å². The molecule has 3 rings (SSSR count). The number of nitrogens with one attached hydrogen (secondary N) is 1. The Bertz CT molecular complexity index is 1090. The molecule has 1 amide bonds. The summed E-state index contributed by atoms with van der Waals surface area (Å²) < 4.78 is 21.4. The molecular weight excluding hydrogens is 512 g/mol. The fourth-order valence-corrected chi connectivity index (χ4v) is 4.09. The van der Waals surface area contributed by atoms with Crippen molar-refractivity contribution in [1.29, 1.82) is 0 Å². The summed E-state index contributed by atoms with van der Waals surface area (Å²) in [5.41, 5.74) is 6.16. The zero-order valence-corrected chi connectivity index (χ0v) is 22.7. The van der Waals surface area contributed by atoms with E-state index in [4.69, 9.17) is 36.3 Å². The summed E-state index contributed by atoms with van der Waals surface area (Å²) in [5, 5.41) is 3.44. The number of nitrogens with two attached hydrogens (primary N) is 1. The number of ether oxygens (including phenoxy) is 4. The van der Waals surface area contributed by atoms with E-state index >= 15 is 0 Å². The van der Waals surface area contributed by atoms with E-state index in [-0.39, 0.29) is 11.9 Å². The van der Waals surface area contributed by atoms with Crippen LogP contribution >= 0.6 is 11.6 Å². The van der Waals surface area contributed by atoms with Crippen molar-refractivity contribution in [1.82, 2.24) is 5.32 Å². The van der Waals surface area contributed by atoms with Gasteiger partial charge < -0.3 is 30.0 Å². The first-order valence-electron chi connectivity index (χ1n) is 12.7. The zero-order chi connectivity index (χ0) is 27.7. The Morgan fingerprint density at radius 3 is 2.34 bits per heavy atom. The Hall–Kier alpha value is -3.30. The van der Waals surface area contributed by atoms with E-state index in [1.54, 1.807) is 50.2 Å². The molecule has 1 aliphatic rings. The topological polar surface area (TPSA) is 126 Å². The molecule has 9 nitrogen and oxygen atoms in total. The average Bonchev–Trinajstić information content (AvgIpc) is 2.86. The molecule has 0 aliphatic heterocycles. The number of hydrogen-bond donors (Lipinski definition) is 2. The predicted octanol–water partition coefficient (Wildman–Crippen LogP) is 4.78. The van der Waals surface area contributed by atoms with E-state index in [0.717, 1.165) is 24.8 Å². The predicted molar refractivity (Wildman–Crippen MR) is 142 cm³/mol. The second kappa shape index (κ2) is 13.5. The van der Waals surface area contributed by atoms with Crippen molar-refractivity contribution in [2.45, 2.75) is 76.9 Å². The standard InChI is InChI=1S/C28H35ClN2O7/c1-18(36-27(34)37-24-7-5-4-6-23(24)30)35-26(33)28(2,3)38-22-14-8-19(9-15-22)16-17-31-25(32)20-10-12-21(29)13-11-20/h8-15,18,23-24H,4-7,16-17,30H2,1-3H3,(H,31,32)/t18?,23-,24?/m1/s1. The van der Waals surface area contributed by atoms with Crippen LogP contribution in [0.2, 0.25) is 5.02 Å². The molecule has 1 fully saturated rings. The summed E-state index contributed by atoms with van der Waals surface area (Å²) in [6, 6.07) is 13.6. The molecule has 0 radical (unpaired) electrons. The van der Waals surface area contributed by atoms with Crippen LogP contribution in [0.5, 0.6) is 5.75 Å². The van der Waals surface area contributed by atoms with Crippen molar-refractivity contribution in [3.05, 3.63) is 64.7 Å². The normalized spacial score (nSPS) is 18.1. The molecule has 1 saturated carbocycles. The molecule has 3 N–H and O–H groups in total. The number of halogens is 1. The number of carbonyl (C=O) groups excluding carboxylic acids is 3. The molecule has 206 valence electrons. The summed E-state index contributed by atoms with van der Waals surface area (Å²) >= 11 is 5.85. The van der Waals surface area contributed by atoms with E-state index in [1.807, 2.05) is 12.1 Å². The molecule has 38 heavy (non-hydrogen) atoms. The molecular formula is C28H35ClN2O7. The van der Waals surface area contributed by atoms with Crippen LogP contribution in [0.25, 0.3) is 0 Å². The van der Waals surface area contributed by atoms with E-state index in [2.05, 4.69) is 5.32 Å². The van der Waals surface area contributed by atoms with Crippen molar-refractivity contribution in [2.75, 3.05) is 6.54 Å². The molecule has 2 aromatic rings. The minimum Gasteiger partial charge on any atom is -0.476 e. The lowest BCUT2D eigenvalue weighted by molar-refractivity contribution is -0.184. The number of carbonyl (C=O) groups is 3. The number of rotatable bonds is 10. The summed E-state index contributed by atoms with van der Waals surface area (Å²) in [5.74, 6) is -0.424. The van der Waals surface area contributed by atoms with Gasteiger partial charge in [0.1, 0.15) is 11.9 Å². The molecule has 0 saturated heterocycles. The van der Waals surface area contributed by atoms with Crippen LogP contribution in [0.4, 0.5) is 4.79 Å². The van der Waals surface area contributed by atoms with Gasteiger partial charge in [-0.05, 0) is 81.5 Å². The maximum Gasteiger partial charge on any atom is 0.511 e. The first-order valence-corrected chi connectivity index (χ1v) is 13.1. The maximum atomic E-state index is 12.7. The number of benzene rings is 2. The Labute approximate surface area is 227 Å². The van der Waals surface area contributed by atoms with Gasteiger partial charge in [-0.2, -0.15) is 0 Å². The van der Waals surface area contributed by atoms with Crippen molar-refractivity contribution in [3.8, 4) is 5.75 Å². The van der Waals surface area contributed by atoms with Crippen LogP contribution in [0.3, 0.4) is 0 Å². The zero-order valence-electron chi connectivity index (χ0n) is 21.9. The van der Waals surface area contributed by atoms with Crippen molar-refractivity contribution >= 4 is 29.6 Å². The highest BCUT2D eigenvalue weighted by Crippen LogP contribution is 2.22. The lowest BCUT2D eigenvalue weighted by Crippen LogP contribution is -2.43. The second-order valence-corrected chi connectivity index (χ2v) is 10.2. The molecule has 0 spiro atoms. The number of esters is 1.